The van der Waals surface area contributed by atoms with Crippen LogP contribution in [-0.2, 0) is 19.0 Å². The summed E-state index contributed by atoms with van der Waals surface area (Å²) in [6.07, 6.45) is 3.93. The summed E-state index contributed by atoms with van der Waals surface area (Å²) in [6, 6.07) is 16.4. The smallest absolute Gasteiger partial charge is 0.319 e. The van der Waals surface area contributed by atoms with Crippen molar-refractivity contribution in [2.45, 2.75) is 38.6 Å². The Morgan fingerprint density at radius 2 is 1.83 bits per heavy atom. The van der Waals surface area contributed by atoms with Crippen LogP contribution >= 0.6 is 0 Å². The molecule has 0 aliphatic carbocycles. The Labute approximate surface area is 172 Å². The van der Waals surface area contributed by atoms with E-state index in [9.17, 15) is 4.79 Å². The van der Waals surface area contributed by atoms with Gasteiger partial charge in [-0.05, 0) is 39.8 Å². The Morgan fingerprint density at radius 3 is 2.48 bits per heavy atom. The fourth-order valence-corrected chi connectivity index (χ4v) is 3.92. The maximum atomic E-state index is 13.0. The first kappa shape index (κ1) is 19.2. The van der Waals surface area contributed by atoms with Gasteiger partial charge in [0.2, 0.25) is 0 Å². The van der Waals surface area contributed by atoms with Gasteiger partial charge >= 0.3 is 6.03 Å². The van der Waals surface area contributed by atoms with Gasteiger partial charge in [0.15, 0.2) is 0 Å². The molecule has 4 rings (SSSR count). The highest BCUT2D eigenvalue weighted by Gasteiger charge is 2.29. The van der Waals surface area contributed by atoms with Crippen LogP contribution < -0.4 is 5.32 Å². The van der Waals surface area contributed by atoms with Gasteiger partial charge in [-0.1, -0.05) is 57.2 Å². The molecule has 29 heavy (non-hydrogen) atoms. The zero-order valence-electron chi connectivity index (χ0n) is 17.5. The van der Waals surface area contributed by atoms with Crippen LogP contribution in [0.1, 0.15) is 48.9 Å². The van der Waals surface area contributed by atoms with Crippen LogP contribution in [0.15, 0.2) is 60.9 Å². The zero-order chi connectivity index (χ0) is 20.6. The number of aryl methyl sites for hydroxylation is 1. The quantitative estimate of drug-likeness (QED) is 0.679. The number of aromatic nitrogens is 2. The van der Waals surface area contributed by atoms with Crippen LogP contribution in [-0.4, -0.2) is 27.3 Å². The Morgan fingerprint density at radius 1 is 1.10 bits per heavy atom. The molecular formula is C24H28N4O. The Bertz CT molecular complexity index is 1010. The molecule has 0 bridgehead atoms. The number of carbonyl (C=O) groups is 1. The van der Waals surface area contributed by atoms with Gasteiger partial charge in [-0.15, -0.1) is 0 Å². The van der Waals surface area contributed by atoms with Crippen molar-refractivity contribution in [2.24, 2.45) is 7.05 Å². The molecule has 1 unspecified atom stereocenters. The van der Waals surface area contributed by atoms with Gasteiger partial charge in [0, 0.05) is 37.9 Å². The number of hydrogen-bond donors (Lipinski definition) is 1. The number of anilines is 1. The molecular weight excluding hydrogens is 360 g/mol. The summed E-state index contributed by atoms with van der Waals surface area (Å²) in [5, 5.41) is 7.39. The molecule has 0 fully saturated rings. The van der Waals surface area contributed by atoms with E-state index < -0.39 is 0 Å². The van der Waals surface area contributed by atoms with Crippen molar-refractivity contribution in [3.8, 4) is 0 Å². The number of rotatable bonds is 2. The minimum atomic E-state index is -0.0723. The molecule has 1 N–H and O–H groups in total. The molecule has 2 heterocycles. The predicted molar refractivity (Wildman–Crippen MR) is 116 cm³/mol. The molecule has 150 valence electrons. The van der Waals surface area contributed by atoms with E-state index in [1.54, 1.807) is 0 Å². The van der Waals surface area contributed by atoms with E-state index in [1.807, 2.05) is 47.2 Å². The molecule has 0 spiro atoms. The third-order valence-electron chi connectivity index (χ3n) is 5.61. The zero-order valence-corrected chi connectivity index (χ0v) is 17.5. The molecule has 2 aromatic carbocycles. The number of fused-ring (bicyclic) bond motifs is 1. The maximum absolute atomic E-state index is 13.0. The summed E-state index contributed by atoms with van der Waals surface area (Å²) < 4.78 is 1.81. The lowest BCUT2D eigenvalue weighted by Crippen LogP contribution is -2.41. The molecule has 1 aliphatic rings. The highest BCUT2D eigenvalue weighted by Crippen LogP contribution is 2.33. The van der Waals surface area contributed by atoms with E-state index in [2.05, 4.69) is 61.5 Å². The summed E-state index contributed by atoms with van der Waals surface area (Å²) in [5.41, 5.74) is 5.76. The largest absolute Gasteiger partial charge is 0.322 e. The number of carbonyl (C=O) groups excluding carboxylic acids is 1. The normalized spacial score (nSPS) is 16.4. The van der Waals surface area contributed by atoms with Gasteiger partial charge in [-0.2, -0.15) is 5.10 Å². The summed E-state index contributed by atoms with van der Waals surface area (Å²) in [7, 11) is 1.92. The molecule has 1 atom stereocenters. The molecule has 0 radical (unpaired) electrons. The fourth-order valence-electron chi connectivity index (χ4n) is 3.92. The second-order valence-electron chi connectivity index (χ2n) is 8.84. The second-order valence-corrected chi connectivity index (χ2v) is 8.84. The van der Waals surface area contributed by atoms with E-state index in [0.717, 1.165) is 11.3 Å². The first-order chi connectivity index (χ1) is 13.8. The minimum Gasteiger partial charge on any atom is -0.319 e. The van der Waals surface area contributed by atoms with E-state index in [1.165, 1.54) is 16.7 Å². The lowest BCUT2D eigenvalue weighted by atomic mass is 9.86. The lowest BCUT2D eigenvalue weighted by Gasteiger charge is -2.34. The van der Waals surface area contributed by atoms with Crippen molar-refractivity contribution in [3.05, 3.63) is 83.2 Å². The van der Waals surface area contributed by atoms with E-state index >= 15 is 0 Å². The number of nitrogens with zero attached hydrogens (tertiary/aromatic N) is 3. The van der Waals surface area contributed by atoms with Crippen LogP contribution in [0.25, 0.3) is 0 Å². The molecule has 0 saturated carbocycles. The Balaban J connectivity index is 1.55. The van der Waals surface area contributed by atoms with Crippen LogP contribution in [0.2, 0.25) is 0 Å². The molecule has 5 nitrogen and oxygen atoms in total. The van der Waals surface area contributed by atoms with Crippen molar-refractivity contribution in [1.29, 1.82) is 0 Å². The third-order valence-corrected chi connectivity index (χ3v) is 5.61. The lowest BCUT2D eigenvalue weighted by molar-refractivity contribution is 0.203. The van der Waals surface area contributed by atoms with Crippen LogP contribution in [0.3, 0.4) is 0 Å². The highest BCUT2D eigenvalue weighted by atomic mass is 16.2. The van der Waals surface area contributed by atoms with Crippen molar-refractivity contribution in [2.75, 3.05) is 11.9 Å². The van der Waals surface area contributed by atoms with Crippen molar-refractivity contribution in [1.82, 2.24) is 14.7 Å². The first-order valence-corrected chi connectivity index (χ1v) is 10.0. The highest BCUT2D eigenvalue weighted by molar-refractivity contribution is 5.89. The molecule has 1 aromatic heterocycles. The number of benzene rings is 2. The summed E-state index contributed by atoms with van der Waals surface area (Å²) >= 11 is 0. The standard InChI is InChI=1S/C24H28N4O/c1-24(2,3)19-9-11-20(12-10-19)26-23(29)28-15-17-7-5-6-8-21(17)22(16-28)18-13-25-27(4)14-18/h5-14,22H,15-16H2,1-4H3,(H,26,29). The van der Waals surface area contributed by atoms with Gasteiger partial charge in [0.25, 0.3) is 0 Å². The summed E-state index contributed by atoms with van der Waals surface area (Å²) in [4.78, 5) is 14.9. The second kappa shape index (κ2) is 7.39. The Kier molecular flexibility index (Phi) is 4.91. The van der Waals surface area contributed by atoms with E-state index in [-0.39, 0.29) is 17.4 Å². The van der Waals surface area contributed by atoms with Crippen LogP contribution in [0, 0.1) is 0 Å². The molecule has 2 amide bonds. The van der Waals surface area contributed by atoms with Gasteiger partial charge in [-0.3, -0.25) is 4.68 Å². The van der Waals surface area contributed by atoms with Gasteiger partial charge in [0.05, 0.1) is 6.20 Å². The fraction of sp³-hybridized carbons (Fsp3) is 0.333. The van der Waals surface area contributed by atoms with Crippen molar-refractivity contribution in [3.63, 3.8) is 0 Å². The van der Waals surface area contributed by atoms with Crippen LogP contribution in [0.4, 0.5) is 10.5 Å². The molecule has 5 heteroatoms. The number of nitrogens with one attached hydrogen (secondary N) is 1. The van der Waals surface area contributed by atoms with Crippen molar-refractivity contribution >= 4 is 11.7 Å². The average molecular weight is 389 g/mol. The minimum absolute atomic E-state index is 0.0723. The first-order valence-electron chi connectivity index (χ1n) is 10.0. The average Bonchev–Trinajstić information content (AvgIpc) is 3.13. The number of amides is 2. The van der Waals surface area contributed by atoms with E-state index in [0.29, 0.717) is 13.1 Å². The molecule has 3 aromatic rings. The van der Waals surface area contributed by atoms with Gasteiger partial charge in [0.1, 0.15) is 0 Å². The SMILES string of the molecule is Cn1cc(C2CN(C(=O)Nc3ccc(C(C)(C)C)cc3)Cc3ccccc32)cn1. The van der Waals surface area contributed by atoms with Crippen molar-refractivity contribution < 1.29 is 4.79 Å². The van der Waals surface area contributed by atoms with E-state index in [4.69, 9.17) is 0 Å². The third kappa shape index (κ3) is 4.04. The van der Waals surface area contributed by atoms with Gasteiger partial charge < -0.3 is 10.2 Å². The monoisotopic (exact) mass is 388 g/mol. The number of urea groups is 1. The summed E-state index contributed by atoms with van der Waals surface area (Å²) in [5.74, 6) is 0.127. The predicted octanol–water partition coefficient (Wildman–Crippen LogP) is 4.90. The summed E-state index contributed by atoms with van der Waals surface area (Å²) in [6.45, 7) is 7.80. The van der Waals surface area contributed by atoms with Gasteiger partial charge in [-0.25, -0.2) is 4.79 Å². The van der Waals surface area contributed by atoms with Crippen LogP contribution in [0.5, 0.6) is 0 Å². The Hall–Kier alpha value is -3.08. The topological polar surface area (TPSA) is 50.2 Å². The maximum Gasteiger partial charge on any atom is 0.322 e. The number of hydrogen-bond acceptors (Lipinski definition) is 2. The molecule has 0 saturated heterocycles. The molecule has 1 aliphatic heterocycles.